The lowest BCUT2D eigenvalue weighted by Gasteiger charge is -2.43. The summed E-state index contributed by atoms with van der Waals surface area (Å²) in [5.41, 5.74) is 5.77. The van der Waals surface area contributed by atoms with Gasteiger partial charge in [-0.2, -0.15) is 0 Å². The minimum atomic E-state index is -1.26. The molecule has 164 valence electrons. The summed E-state index contributed by atoms with van der Waals surface area (Å²) in [5, 5.41) is 0. The van der Waals surface area contributed by atoms with Gasteiger partial charge in [0.25, 0.3) is 0 Å². The van der Waals surface area contributed by atoms with Crippen molar-refractivity contribution in [3.8, 4) is 5.75 Å². The number of urea groups is 1. The summed E-state index contributed by atoms with van der Waals surface area (Å²) in [5.74, 6) is -1.81. The fourth-order valence-electron chi connectivity index (χ4n) is 4.90. The van der Waals surface area contributed by atoms with Crippen molar-refractivity contribution in [1.82, 2.24) is 4.90 Å². The van der Waals surface area contributed by atoms with Crippen LogP contribution >= 0.6 is 0 Å². The highest BCUT2D eigenvalue weighted by atomic mass is 19.1. The maximum absolute atomic E-state index is 14.0. The molecule has 1 aliphatic heterocycles. The maximum atomic E-state index is 14.0. The number of methoxy groups -OCH3 is 1. The summed E-state index contributed by atoms with van der Waals surface area (Å²) in [7, 11) is 1.56. The van der Waals surface area contributed by atoms with E-state index in [-0.39, 0.29) is 5.56 Å². The Morgan fingerprint density at radius 1 is 1.06 bits per heavy atom. The number of amides is 3. The molecule has 31 heavy (non-hydrogen) atoms. The van der Waals surface area contributed by atoms with E-state index in [2.05, 4.69) is 0 Å². The van der Waals surface area contributed by atoms with Gasteiger partial charge in [-0.15, -0.1) is 0 Å². The van der Waals surface area contributed by atoms with Gasteiger partial charge in [-0.25, -0.2) is 13.6 Å². The van der Waals surface area contributed by atoms with Gasteiger partial charge in [0.2, 0.25) is 5.91 Å². The Kier molecular flexibility index (Phi) is 5.56. The highest BCUT2D eigenvalue weighted by molar-refractivity contribution is 5.99. The molecule has 1 saturated carbocycles. The van der Waals surface area contributed by atoms with Crippen LogP contribution in [0.3, 0.4) is 0 Å². The monoisotopic (exact) mass is 429 g/mol. The van der Waals surface area contributed by atoms with E-state index >= 15 is 0 Å². The Morgan fingerprint density at radius 2 is 1.68 bits per heavy atom. The molecule has 1 saturated heterocycles. The number of benzene rings is 2. The smallest absolute Gasteiger partial charge is 0.326 e. The lowest BCUT2D eigenvalue weighted by Crippen LogP contribution is -2.53. The molecule has 1 spiro atoms. The minimum Gasteiger partial charge on any atom is -0.497 e. The van der Waals surface area contributed by atoms with Crippen molar-refractivity contribution >= 4 is 17.6 Å². The highest BCUT2D eigenvalue weighted by Crippen LogP contribution is 2.45. The topological polar surface area (TPSA) is 75.9 Å². The number of carbonyl (C=O) groups excluding carboxylic acids is 2. The van der Waals surface area contributed by atoms with Crippen LogP contribution in [0.4, 0.5) is 19.3 Å². The molecule has 1 heterocycles. The Labute approximate surface area is 179 Å². The van der Waals surface area contributed by atoms with Crippen molar-refractivity contribution < 1.29 is 23.1 Å². The van der Waals surface area contributed by atoms with Gasteiger partial charge in [0.1, 0.15) is 23.4 Å². The van der Waals surface area contributed by atoms with Crippen LogP contribution in [0, 0.1) is 11.6 Å². The molecule has 2 aromatic carbocycles. The van der Waals surface area contributed by atoms with Crippen LogP contribution in [0.25, 0.3) is 0 Å². The van der Waals surface area contributed by atoms with E-state index in [0.717, 1.165) is 37.5 Å². The number of hydrogen-bond acceptors (Lipinski definition) is 3. The third kappa shape index (κ3) is 3.82. The number of ether oxygens (including phenoxy) is 1. The Bertz CT molecular complexity index is 970. The van der Waals surface area contributed by atoms with Crippen molar-refractivity contribution in [2.45, 2.75) is 43.7 Å². The molecule has 2 fully saturated rings. The van der Waals surface area contributed by atoms with Gasteiger partial charge in [-0.3, -0.25) is 9.69 Å². The van der Waals surface area contributed by atoms with E-state index in [1.165, 1.54) is 4.90 Å². The zero-order chi connectivity index (χ0) is 22.2. The first-order valence-electron chi connectivity index (χ1n) is 10.3. The number of primary amides is 1. The third-order valence-electron chi connectivity index (χ3n) is 6.30. The van der Waals surface area contributed by atoms with Crippen molar-refractivity contribution in [3.63, 3.8) is 0 Å². The van der Waals surface area contributed by atoms with Gasteiger partial charge < -0.3 is 15.4 Å². The average Bonchev–Trinajstić information content (AvgIpc) is 3.00. The van der Waals surface area contributed by atoms with Gasteiger partial charge in [-0.1, -0.05) is 19.3 Å². The molecular weight excluding hydrogens is 404 g/mol. The van der Waals surface area contributed by atoms with E-state index in [1.54, 1.807) is 36.3 Å². The summed E-state index contributed by atoms with van der Waals surface area (Å²) >= 11 is 0. The van der Waals surface area contributed by atoms with Gasteiger partial charge in [0, 0.05) is 11.8 Å². The van der Waals surface area contributed by atoms with Crippen LogP contribution in [0.15, 0.2) is 42.5 Å². The quantitative estimate of drug-likeness (QED) is 0.776. The second-order valence-electron chi connectivity index (χ2n) is 8.23. The van der Waals surface area contributed by atoms with Crippen molar-refractivity contribution in [2.24, 2.45) is 5.73 Å². The van der Waals surface area contributed by atoms with Gasteiger partial charge in [0.15, 0.2) is 0 Å². The fourth-order valence-corrected chi connectivity index (χ4v) is 4.90. The second-order valence-corrected chi connectivity index (χ2v) is 8.23. The summed E-state index contributed by atoms with van der Waals surface area (Å²) in [6, 6.07) is 8.26. The molecule has 2 aromatic rings. The Hall–Kier alpha value is -3.16. The lowest BCUT2D eigenvalue weighted by atomic mass is 9.79. The first-order chi connectivity index (χ1) is 14.8. The lowest BCUT2D eigenvalue weighted by molar-refractivity contribution is -0.124. The molecule has 1 atom stereocenters. The van der Waals surface area contributed by atoms with Gasteiger partial charge in [-0.05, 0) is 54.8 Å². The van der Waals surface area contributed by atoms with Crippen LogP contribution < -0.4 is 15.4 Å². The van der Waals surface area contributed by atoms with E-state index in [4.69, 9.17) is 10.5 Å². The second kappa shape index (κ2) is 8.17. The number of rotatable bonds is 5. The zero-order valence-electron chi connectivity index (χ0n) is 17.3. The van der Waals surface area contributed by atoms with Crippen molar-refractivity contribution in [1.29, 1.82) is 0 Å². The number of nitrogens with zero attached hydrogens (tertiary/aromatic N) is 2. The minimum absolute atomic E-state index is 0.0416. The van der Waals surface area contributed by atoms with Gasteiger partial charge >= 0.3 is 6.03 Å². The van der Waals surface area contributed by atoms with Crippen molar-refractivity contribution in [2.75, 3.05) is 18.6 Å². The Balaban J connectivity index is 1.79. The predicted molar refractivity (Wildman–Crippen MR) is 112 cm³/mol. The number of hydrogen-bond donors (Lipinski definition) is 1. The standard InChI is InChI=1S/C23H25F2N3O3/c1-31-19-7-5-18(6-8-19)27-14-23(9-3-2-4-10-23)28(22(27)30)20(21(26)29)15-11-16(24)13-17(25)12-15/h5-8,11-13,20H,2-4,9-10,14H2,1H3,(H2,26,29). The molecule has 2 aliphatic rings. The SMILES string of the molecule is COc1ccc(N2CC3(CCCCC3)N(C(C(N)=O)c3cc(F)cc(F)c3)C2=O)cc1. The molecule has 4 rings (SSSR count). The number of anilines is 1. The van der Waals surface area contributed by atoms with E-state index in [9.17, 15) is 18.4 Å². The largest absolute Gasteiger partial charge is 0.497 e. The number of carbonyl (C=O) groups is 2. The molecule has 3 amide bonds. The van der Waals surface area contributed by atoms with Crippen LogP contribution in [0.2, 0.25) is 0 Å². The first-order valence-corrected chi connectivity index (χ1v) is 10.3. The maximum Gasteiger partial charge on any atom is 0.326 e. The Morgan fingerprint density at radius 3 is 2.23 bits per heavy atom. The molecule has 1 aliphatic carbocycles. The summed E-state index contributed by atoms with van der Waals surface area (Å²) in [4.78, 5) is 29.3. The van der Waals surface area contributed by atoms with Crippen molar-refractivity contribution in [3.05, 3.63) is 59.7 Å². The molecule has 1 unspecified atom stereocenters. The van der Waals surface area contributed by atoms with E-state index < -0.39 is 35.2 Å². The van der Waals surface area contributed by atoms with Crippen LogP contribution in [-0.2, 0) is 4.79 Å². The molecule has 6 nitrogen and oxygen atoms in total. The van der Waals surface area contributed by atoms with Gasteiger partial charge in [0.05, 0.1) is 19.2 Å². The molecule has 0 aromatic heterocycles. The first kappa shape index (κ1) is 21.1. The normalized spacial score (nSPS) is 19.0. The highest BCUT2D eigenvalue weighted by Gasteiger charge is 2.54. The van der Waals surface area contributed by atoms with Crippen LogP contribution in [0.5, 0.6) is 5.75 Å². The summed E-state index contributed by atoms with van der Waals surface area (Å²) in [6.07, 6.45) is 4.19. The molecule has 2 N–H and O–H groups in total. The van der Waals surface area contributed by atoms with E-state index in [0.29, 0.717) is 30.8 Å². The molecular formula is C23H25F2N3O3. The number of halogens is 2. The summed E-state index contributed by atoms with van der Waals surface area (Å²) in [6.45, 7) is 0.375. The average molecular weight is 429 g/mol. The molecule has 8 heteroatoms. The predicted octanol–water partition coefficient (Wildman–Crippen LogP) is 4.14. The number of nitrogens with two attached hydrogens (primary N) is 1. The van der Waals surface area contributed by atoms with Crippen LogP contribution in [0.1, 0.15) is 43.7 Å². The fraction of sp³-hybridized carbons (Fsp3) is 0.391. The molecule has 0 bridgehead atoms. The summed E-state index contributed by atoms with van der Waals surface area (Å²) < 4.78 is 33.1. The third-order valence-corrected chi connectivity index (χ3v) is 6.30. The van der Waals surface area contributed by atoms with Crippen LogP contribution in [-0.4, -0.2) is 36.0 Å². The zero-order valence-corrected chi connectivity index (χ0v) is 17.3. The molecule has 0 radical (unpaired) electrons. The van der Waals surface area contributed by atoms with E-state index in [1.807, 2.05) is 0 Å².